The van der Waals surface area contributed by atoms with Gasteiger partial charge in [-0.2, -0.15) is 0 Å². The molecule has 0 saturated heterocycles. The third kappa shape index (κ3) is 0.710. The predicted octanol–water partition coefficient (Wildman–Crippen LogP) is 2.05. The number of fused-ring (bicyclic) bond motifs is 1. The van der Waals surface area contributed by atoms with Crippen LogP contribution < -0.4 is 0 Å². The van der Waals surface area contributed by atoms with Crippen molar-refractivity contribution in [3.8, 4) is 0 Å². The first-order valence-corrected chi connectivity index (χ1v) is 4.22. The second-order valence-corrected chi connectivity index (χ2v) is 3.76. The predicted molar refractivity (Wildman–Crippen MR) is 44.7 cm³/mol. The molecule has 1 spiro atoms. The Morgan fingerprint density at radius 3 is 2.91 bits per heavy atom. The minimum Gasteiger partial charge on any atom is -0.347 e. The summed E-state index contributed by atoms with van der Waals surface area (Å²) < 4.78 is 0. The lowest BCUT2D eigenvalue weighted by atomic mass is 10.1. The molecule has 1 fully saturated rings. The molecule has 0 radical (unpaired) electrons. The molecule has 1 saturated carbocycles. The maximum atomic E-state index is 2.44. The Kier molecular flexibility index (Phi) is 0.823. The van der Waals surface area contributed by atoms with E-state index in [0.717, 1.165) is 0 Å². The molecule has 56 valence electrons. The van der Waals surface area contributed by atoms with Gasteiger partial charge in [0.05, 0.1) is 0 Å². The van der Waals surface area contributed by atoms with Gasteiger partial charge in [-0.1, -0.05) is 12.2 Å². The Morgan fingerprint density at radius 2 is 2.18 bits per heavy atom. The highest BCUT2D eigenvalue weighted by Gasteiger charge is 2.46. The van der Waals surface area contributed by atoms with Crippen LogP contribution in [0.1, 0.15) is 12.8 Å². The largest absolute Gasteiger partial charge is 0.347 e. The van der Waals surface area contributed by atoms with Crippen LogP contribution in [0.15, 0.2) is 36.2 Å². The zero-order valence-electron chi connectivity index (χ0n) is 6.46. The highest BCUT2D eigenvalue weighted by atomic mass is 15.2. The smallest absolute Gasteiger partial charge is 0.0372 e. The third-order valence-electron chi connectivity index (χ3n) is 2.81. The Balaban J connectivity index is 2.02. The number of hydrogen-bond acceptors (Lipinski definition) is 1. The van der Waals surface area contributed by atoms with Crippen LogP contribution in [0.5, 0.6) is 0 Å². The van der Waals surface area contributed by atoms with Gasteiger partial charge in [-0.05, 0) is 25.0 Å². The fourth-order valence-corrected chi connectivity index (χ4v) is 1.93. The van der Waals surface area contributed by atoms with E-state index >= 15 is 0 Å². The Morgan fingerprint density at radius 1 is 1.27 bits per heavy atom. The lowest BCUT2D eigenvalue weighted by molar-refractivity contribution is 0.449. The molecule has 0 aromatic rings. The molecule has 2 aliphatic heterocycles. The van der Waals surface area contributed by atoms with Crippen molar-refractivity contribution in [2.24, 2.45) is 5.41 Å². The van der Waals surface area contributed by atoms with Gasteiger partial charge in [0, 0.05) is 23.9 Å². The van der Waals surface area contributed by atoms with Gasteiger partial charge in [-0.15, -0.1) is 0 Å². The van der Waals surface area contributed by atoms with Gasteiger partial charge in [0.25, 0.3) is 0 Å². The summed E-state index contributed by atoms with van der Waals surface area (Å²) >= 11 is 0. The van der Waals surface area contributed by atoms with Crippen molar-refractivity contribution in [3.63, 3.8) is 0 Å². The van der Waals surface area contributed by atoms with Gasteiger partial charge >= 0.3 is 0 Å². The first-order valence-electron chi connectivity index (χ1n) is 4.22. The molecule has 0 amide bonds. The van der Waals surface area contributed by atoms with Crippen molar-refractivity contribution in [3.05, 3.63) is 36.2 Å². The molecule has 1 aliphatic carbocycles. The molecular weight excluding hydrogens is 134 g/mol. The Hall–Kier alpha value is -0.980. The number of allylic oxidation sites excluding steroid dienone is 3. The maximum absolute atomic E-state index is 2.44. The van der Waals surface area contributed by atoms with Crippen LogP contribution in [0.3, 0.4) is 0 Å². The summed E-state index contributed by atoms with van der Waals surface area (Å²) in [6.45, 7) is 1.23. The highest BCUT2D eigenvalue weighted by molar-refractivity contribution is 5.36. The standard InChI is InChI=1S/C10H11N/c1-2-6-11-8-10(4-5-10)7-9(11)3-1/h1-3,6-7H,4-5,8H2. The number of hydrogen-bond donors (Lipinski definition) is 0. The van der Waals surface area contributed by atoms with Crippen LogP contribution in [0, 0.1) is 5.41 Å². The van der Waals surface area contributed by atoms with Gasteiger partial charge in [-0.25, -0.2) is 0 Å². The normalized spacial score (nSPS) is 29.1. The van der Waals surface area contributed by atoms with E-state index in [0.29, 0.717) is 5.41 Å². The third-order valence-corrected chi connectivity index (χ3v) is 2.81. The quantitative estimate of drug-likeness (QED) is 0.504. The monoisotopic (exact) mass is 145 g/mol. The van der Waals surface area contributed by atoms with Crippen LogP contribution in [-0.2, 0) is 0 Å². The van der Waals surface area contributed by atoms with Crippen LogP contribution in [0.4, 0.5) is 0 Å². The zero-order chi connectivity index (χ0) is 7.31. The molecule has 0 atom stereocenters. The Labute approximate surface area is 66.7 Å². The van der Waals surface area contributed by atoms with Gasteiger partial charge in [0.15, 0.2) is 0 Å². The molecule has 0 N–H and O–H groups in total. The van der Waals surface area contributed by atoms with E-state index in [1.807, 2.05) is 0 Å². The summed E-state index contributed by atoms with van der Waals surface area (Å²) in [6.07, 6.45) is 13.8. The summed E-state index contributed by atoms with van der Waals surface area (Å²) in [4.78, 5) is 2.35. The van der Waals surface area contributed by atoms with Gasteiger partial charge < -0.3 is 4.90 Å². The van der Waals surface area contributed by atoms with E-state index in [9.17, 15) is 0 Å². The number of nitrogens with zero attached hydrogens (tertiary/aromatic N) is 1. The van der Waals surface area contributed by atoms with Crippen molar-refractivity contribution in [1.29, 1.82) is 0 Å². The van der Waals surface area contributed by atoms with E-state index in [1.54, 1.807) is 0 Å². The van der Waals surface area contributed by atoms with Gasteiger partial charge in [-0.3, -0.25) is 0 Å². The highest BCUT2D eigenvalue weighted by Crippen LogP contribution is 2.52. The molecule has 0 aromatic carbocycles. The maximum Gasteiger partial charge on any atom is 0.0372 e. The van der Waals surface area contributed by atoms with Crippen molar-refractivity contribution in [2.45, 2.75) is 12.8 Å². The second-order valence-electron chi connectivity index (χ2n) is 3.76. The lowest BCUT2D eigenvalue weighted by Crippen LogP contribution is -2.16. The molecule has 3 rings (SSSR count). The summed E-state index contributed by atoms with van der Waals surface area (Å²) in [7, 11) is 0. The Bertz CT molecular complexity index is 279. The van der Waals surface area contributed by atoms with Gasteiger partial charge in [0.2, 0.25) is 0 Å². The van der Waals surface area contributed by atoms with Crippen LogP contribution >= 0.6 is 0 Å². The average molecular weight is 145 g/mol. The molecule has 11 heavy (non-hydrogen) atoms. The van der Waals surface area contributed by atoms with Crippen molar-refractivity contribution in [1.82, 2.24) is 4.90 Å². The first-order chi connectivity index (χ1) is 5.38. The summed E-state index contributed by atoms with van der Waals surface area (Å²) in [5.74, 6) is 0. The van der Waals surface area contributed by atoms with Crippen LogP contribution in [0.25, 0.3) is 0 Å². The van der Waals surface area contributed by atoms with Crippen LogP contribution in [-0.4, -0.2) is 11.4 Å². The summed E-state index contributed by atoms with van der Waals surface area (Å²) in [5.41, 5.74) is 2.00. The molecule has 1 heteroatoms. The van der Waals surface area contributed by atoms with Crippen molar-refractivity contribution in [2.75, 3.05) is 6.54 Å². The molecule has 1 nitrogen and oxygen atoms in total. The van der Waals surface area contributed by atoms with Gasteiger partial charge in [0.1, 0.15) is 0 Å². The summed E-state index contributed by atoms with van der Waals surface area (Å²) in [6, 6.07) is 0. The van der Waals surface area contributed by atoms with Crippen molar-refractivity contribution >= 4 is 0 Å². The van der Waals surface area contributed by atoms with E-state index in [1.165, 1.54) is 25.1 Å². The van der Waals surface area contributed by atoms with Crippen molar-refractivity contribution < 1.29 is 0 Å². The molecule has 2 heterocycles. The zero-order valence-corrected chi connectivity index (χ0v) is 6.46. The topological polar surface area (TPSA) is 3.24 Å². The second kappa shape index (κ2) is 1.60. The fourth-order valence-electron chi connectivity index (χ4n) is 1.93. The SMILES string of the molecule is C1=CC2=CC3(CC3)CN2C=C1. The first kappa shape index (κ1) is 5.64. The molecule has 0 aromatic heterocycles. The van der Waals surface area contributed by atoms with E-state index in [-0.39, 0.29) is 0 Å². The molecular formula is C10H11N. The molecule has 0 unspecified atom stereocenters. The summed E-state index contributed by atoms with van der Waals surface area (Å²) in [5, 5.41) is 0. The van der Waals surface area contributed by atoms with E-state index in [2.05, 4.69) is 35.4 Å². The lowest BCUT2D eigenvalue weighted by Gasteiger charge is -2.17. The van der Waals surface area contributed by atoms with E-state index < -0.39 is 0 Å². The fraction of sp³-hybridized carbons (Fsp3) is 0.400. The van der Waals surface area contributed by atoms with E-state index in [4.69, 9.17) is 0 Å². The minimum absolute atomic E-state index is 0.592. The molecule has 3 aliphatic rings. The average Bonchev–Trinajstić information content (AvgIpc) is 2.66. The minimum atomic E-state index is 0.592. The van der Waals surface area contributed by atoms with Crippen LogP contribution in [0.2, 0.25) is 0 Å². The number of rotatable bonds is 0. The molecule has 0 bridgehead atoms.